The Morgan fingerprint density at radius 1 is 1.50 bits per heavy atom. The number of nitrogens with zero attached hydrogens (tertiary/aromatic N) is 3. The number of hydrogen-bond acceptors (Lipinski definition) is 4. The van der Waals surface area contributed by atoms with E-state index in [1.807, 2.05) is 17.8 Å². The van der Waals surface area contributed by atoms with Crippen molar-refractivity contribution >= 4 is 17.2 Å². The summed E-state index contributed by atoms with van der Waals surface area (Å²) in [6.07, 6.45) is 6.03. The Hall–Kier alpha value is -1.69. The van der Waals surface area contributed by atoms with Gasteiger partial charge in [0.25, 0.3) is 0 Å². The molecule has 0 aromatic carbocycles. The molecule has 1 unspecified atom stereocenters. The summed E-state index contributed by atoms with van der Waals surface area (Å²) in [5.74, 6) is 1.17. The first kappa shape index (κ1) is 15.2. The van der Waals surface area contributed by atoms with Crippen LogP contribution in [-0.2, 0) is 29.6 Å². The van der Waals surface area contributed by atoms with Gasteiger partial charge >= 0.3 is 0 Å². The summed E-state index contributed by atoms with van der Waals surface area (Å²) in [7, 11) is 0. The highest BCUT2D eigenvalue weighted by Gasteiger charge is 2.22. The Balaban J connectivity index is 1.56. The highest BCUT2D eigenvalue weighted by molar-refractivity contribution is 7.09. The standard InChI is InChI=1S/C16H22N4OS/c1-16(2,3)15-19-12(10-22-15)8-14(21)18-11-4-5-13-17-6-7-20(13)9-11/h6-7,10-11H,4-5,8-9H2,1-3H3,(H,18,21). The number of hydrogen-bond donors (Lipinski definition) is 1. The summed E-state index contributed by atoms with van der Waals surface area (Å²) in [6.45, 7) is 7.23. The molecule has 5 nitrogen and oxygen atoms in total. The van der Waals surface area contributed by atoms with Crippen molar-refractivity contribution in [3.05, 3.63) is 34.3 Å². The number of carbonyl (C=O) groups is 1. The number of aromatic nitrogens is 3. The van der Waals surface area contributed by atoms with Gasteiger partial charge in [-0.05, 0) is 6.42 Å². The van der Waals surface area contributed by atoms with Crippen molar-refractivity contribution in [3.8, 4) is 0 Å². The van der Waals surface area contributed by atoms with Gasteiger partial charge in [0, 0.05) is 42.2 Å². The lowest BCUT2D eigenvalue weighted by molar-refractivity contribution is -0.121. The number of nitrogens with one attached hydrogen (secondary N) is 1. The number of fused-ring (bicyclic) bond motifs is 1. The van der Waals surface area contributed by atoms with Gasteiger partial charge in [0.2, 0.25) is 5.91 Å². The van der Waals surface area contributed by atoms with Crippen LogP contribution in [0, 0.1) is 0 Å². The molecule has 0 fully saturated rings. The number of carbonyl (C=O) groups excluding carboxylic acids is 1. The predicted molar refractivity (Wildman–Crippen MR) is 87.0 cm³/mol. The van der Waals surface area contributed by atoms with Crippen molar-refractivity contribution in [3.63, 3.8) is 0 Å². The van der Waals surface area contributed by atoms with Gasteiger partial charge in [-0.1, -0.05) is 20.8 Å². The van der Waals surface area contributed by atoms with E-state index in [-0.39, 0.29) is 17.4 Å². The molecule has 118 valence electrons. The first-order chi connectivity index (χ1) is 10.4. The smallest absolute Gasteiger partial charge is 0.226 e. The molecule has 22 heavy (non-hydrogen) atoms. The number of rotatable bonds is 3. The molecule has 0 saturated heterocycles. The summed E-state index contributed by atoms with van der Waals surface area (Å²) in [5, 5.41) is 6.20. The van der Waals surface area contributed by atoms with Crippen molar-refractivity contribution in [1.82, 2.24) is 19.9 Å². The van der Waals surface area contributed by atoms with Crippen molar-refractivity contribution in [1.29, 1.82) is 0 Å². The van der Waals surface area contributed by atoms with Crippen molar-refractivity contribution < 1.29 is 4.79 Å². The first-order valence-electron chi connectivity index (χ1n) is 7.66. The van der Waals surface area contributed by atoms with Crippen LogP contribution < -0.4 is 5.32 Å². The molecule has 2 aromatic heterocycles. The highest BCUT2D eigenvalue weighted by atomic mass is 32.1. The van der Waals surface area contributed by atoms with Crippen LogP contribution in [-0.4, -0.2) is 26.5 Å². The second-order valence-electron chi connectivity index (χ2n) is 6.87. The summed E-state index contributed by atoms with van der Waals surface area (Å²) in [5.41, 5.74) is 0.909. The molecular weight excluding hydrogens is 296 g/mol. The summed E-state index contributed by atoms with van der Waals surface area (Å²) >= 11 is 1.63. The van der Waals surface area contributed by atoms with Crippen LogP contribution in [0.25, 0.3) is 0 Å². The van der Waals surface area contributed by atoms with Gasteiger partial charge in [-0.25, -0.2) is 9.97 Å². The average Bonchev–Trinajstić information content (AvgIpc) is 3.05. The summed E-state index contributed by atoms with van der Waals surface area (Å²) < 4.78 is 2.12. The van der Waals surface area contributed by atoms with Gasteiger partial charge in [0.05, 0.1) is 17.1 Å². The van der Waals surface area contributed by atoms with E-state index < -0.39 is 0 Å². The van der Waals surface area contributed by atoms with Crippen LogP contribution in [0.5, 0.6) is 0 Å². The van der Waals surface area contributed by atoms with Crippen LogP contribution in [0.1, 0.15) is 43.7 Å². The Morgan fingerprint density at radius 3 is 3.05 bits per heavy atom. The zero-order chi connectivity index (χ0) is 15.7. The normalized spacial score (nSPS) is 18.0. The second-order valence-corrected chi connectivity index (χ2v) is 7.73. The SMILES string of the molecule is CC(C)(C)c1nc(CC(=O)NC2CCc3nccn3C2)cs1. The zero-order valence-electron chi connectivity index (χ0n) is 13.3. The molecule has 1 atom stereocenters. The van der Waals surface area contributed by atoms with E-state index in [2.05, 4.69) is 40.6 Å². The maximum Gasteiger partial charge on any atom is 0.226 e. The van der Waals surface area contributed by atoms with Crippen molar-refractivity contribution in [2.24, 2.45) is 0 Å². The van der Waals surface area contributed by atoms with Crippen LogP contribution in [0.3, 0.4) is 0 Å². The predicted octanol–water partition coefficient (Wildman–Crippen LogP) is 2.31. The van der Waals surface area contributed by atoms with E-state index >= 15 is 0 Å². The van der Waals surface area contributed by atoms with Gasteiger partial charge in [-0.15, -0.1) is 11.3 Å². The van der Waals surface area contributed by atoms with Crippen molar-refractivity contribution in [2.75, 3.05) is 0 Å². The molecule has 6 heteroatoms. The number of thiazole rings is 1. The summed E-state index contributed by atoms with van der Waals surface area (Å²) in [4.78, 5) is 21.1. The van der Waals surface area contributed by atoms with Crippen LogP contribution >= 0.6 is 11.3 Å². The molecule has 0 aliphatic carbocycles. The molecule has 3 heterocycles. The van der Waals surface area contributed by atoms with E-state index in [1.165, 1.54) is 0 Å². The third-order valence-corrected chi connectivity index (χ3v) is 5.15. The lowest BCUT2D eigenvalue weighted by Gasteiger charge is -2.24. The molecule has 3 rings (SSSR count). The maximum atomic E-state index is 12.2. The minimum absolute atomic E-state index is 0.0422. The van der Waals surface area contributed by atoms with Crippen LogP contribution in [0.2, 0.25) is 0 Å². The average molecular weight is 318 g/mol. The molecule has 1 aliphatic heterocycles. The quantitative estimate of drug-likeness (QED) is 0.945. The lowest BCUT2D eigenvalue weighted by atomic mass is 9.98. The Kier molecular flexibility index (Phi) is 4.04. The van der Waals surface area contributed by atoms with Crippen LogP contribution in [0.15, 0.2) is 17.8 Å². The highest BCUT2D eigenvalue weighted by Crippen LogP contribution is 2.25. The van der Waals surface area contributed by atoms with Gasteiger partial charge in [0.15, 0.2) is 0 Å². The lowest BCUT2D eigenvalue weighted by Crippen LogP contribution is -2.41. The third-order valence-electron chi connectivity index (χ3n) is 3.84. The molecule has 0 bridgehead atoms. The number of amides is 1. The third kappa shape index (κ3) is 3.38. The van der Waals surface area contributed by atoms with Gasteiger partial charge in [-0.2, -0.15) is 0 Å². The molecule has 0 saturated carbocycles. The summed E-state index contributed by atoms with van der Waals surface area (Å²) in [6, 6.07) is 0.190. The van der Waals surface area contributed by atoms with E-state index in [0.29, 0.717) is 6.42 Å². The largest absolute Gasteiger partial charge is 0.351 e. The fraction of sp³-hybridized carbons (Fsp3) is 0.562. The number of aryl methyl sites for hydroxylation is 1. The van der Waals surface area contributed by atoms with Gasteiger partial charge in [0.1, 0.15) is 5.82 Å². The van der Waals surface area contributed by atoms with Gasteiger partial charge in [-0.3, -0.25) is 4.79 Å². The topological polar surface area (TPSA) is 59.8 Å². The molecule has 1 N–H and O–H groups in total. The van der Waals surface area contributed by atoms with E-state index in [1.54, 1.807) is 11.3 Å². The fourth-order valence-corrected chi connectivity index (χ4v) is 3.57. The second kappa shape index (κ2) is 5.83. The Labute approximate surface area is 134 Å². The molecule has 0 radical (unpaired) electrons. The molecule has 2 aromatic rings. The van der Waals surface area contributed by atoms with E-state index in [9.17, 15) is 4.79 Å². The fourth-order valence-electron chi connectivity index (χ4n) is 2.66. The number of imidazole rings is 1. The molecule has 1 aliphatic rings. The monoisotopic (exact) mass is 318 g/mol. The molecular formula is C16H22N4OS. The maximum absolute atomic E-state index is 12.2. The van der Waals surface area contributed by atoms with Crippen LogP contribution in [0.4, 0.5) is 0 Å². The Bertz CT molecular complexity index is 668. The van der Waals surface area contributed by atoms with E-state index in [0.717, 1.165) is 35.9 Å². The minimum Gasteiger partial charge on any atom is -0.351 e. The molecule has 1 amide bonds. The van der Waals surface area contributed by atoms with Gasteiger partial charge < -0.3 is 9.88 Å². The Morgan fingerprint density at radius 2 is 2.32 bits per heavy atom. The minimum atomic E-state index is 0.0422. The van der Waals surface area contributed by atoms with Crippen molar-refractivity contribution in [2.45, 2.75) is 58.0 Å². The zero-order valence-corrected chi connectivity index (χ0v) is 14.1. The van der Waals surface area contributed by atoms with E-state index in [4.69, 9.17) is 0 Å². The molecule has 0 spiro atoms. The first-order valence-corrected chi connectivity index (χ1v) is 8.54.